The Morgan fingerprint density at radius 3 is 3.00 bits per heavy atom. The predicted octanol–water partition coefficient (Wildman–Crippen LogP) is 0.676. The van der Waals surface area contributed by atoms with Crippen molar-refractivity contribution < 1.29 is 9.90 Å². The van der Waals surface area contributed by atoms with Gasteiger partial charge in [-0.15, -0.1) is 0 Å². The van der Waals surface area contributed by atoms with Crippen LogP contribution in [0.15, 0.2) is 12.4 Å². The van der Waals surface area contributed by atoms with Crippen molar-refractivity contribution >= 4 is 5.91 Å². The van der Waals surface area contributed by atoms with Crippen LogP contribution in [0.1, 0.15) is 38.6 Å². The van der Waals surface area contributed by atoms with Gasteiger partial charge in [-0.25, -0.2) is 4.98 Å². The number of amides is 1. The van der Waals surface area contributed by atoms with Gasteiger partial charge in [-0.2, -0.15) is 0 Å². The number of β-amino-alcohol motifs (C(OH)–C–C–N with tert-alkyl or cyclic N) is 1. The second kappa shape index (κ2) is 6.01. The minimum atomic E-state index is -0.0942. The van der Waals surface area contributed by atoms with E-state index in [4.69, 9.17) is 0 Å². The Labute approximate surface area is 131 Å². The van der Waals surface area contributed by atoms with Crippen molar-refractivity contribution in [2.75, 3.05) is 32.8 Å². The van der Waals surface area contributed by atoms with Crippen molar-refractivity contribution in [3.05, 3.63) is 18.2 Å². The molecule has 1 fully saturated rings. The maximum Gasteiger partial charge on any atom is 0.245 e. The summed E-state index contributed by atoms with van der Waals surface area (Å²) in [7, 11) is 0. The van der Waals surface area contributed by atoms with Gasteiger partial charge in [0.05, 0.1) is 6.61 Å². The molecule has 1 saturated heterocycles. The molecule has 1 atom stereocenters. The fourth-order valence-electron chi connectivity index (χ4n) is 3.78. The van der Waals surface area contributed by atoms with Crippen molar-refractivity contribution in [1.29, 1.82) is 0 Å². The van der Waals surface area contributed by atoms with Gasteiger partial charge in [0.15, 0.2) is 0 Å². The average Bonchev–Trinajstić information content (AvgIpc) is 2.96. The number of hydrogen-bond acceptors (Lipinski definition) is 4. The molecule has 0 radical (unpaired) electrons. The monoisotopic (exact) mass is 306 g/mol. The van der Waals surface area contributed by atoms with Crippen LogP contribution < -0.4 is 0 Å². The van der Waals surface area contributed by atoms with Crippen LogP contribution in [0, 0.1) is 0 Å². The van der Waals surface area contributed by atoms with Gasteiger partial charge in [-0.1, -0.05) is 0 Å². The van der Waals surface area contributed by atoms with Crippen LogP contribution in [-0.2, 0) is 11.2 Å². The summed E-state index contributed by atoms with van der Waals surface area (Å²) < 4.78 is 2.05. The normalized spacial score (nSPS) is 25.0. The summed E-state index contributed by atoms with van der Waals surface area (Å²) in [6, 6.07) is -0.0913. The number of aliphatic hydroxyl groups excluding tert-OH is 1. The lowest BCUT2D eigenvalue weighted by Crippen LogP contribution is -2.61. The number of nitrogens with zero attached hydrogens (tertiary/aromatic N) is 4. The Kier molecular flexibility index (Phi) is 4.23. The Balaban J connectivity index is 1.72. The fraction of sp³-hybridized carbons (Fsp3) is 0.750. The van der Waals surface area contributed by atoms with Crippen molar-refractivity contribution in [2.24, 2.45) is 0 Å². The predicted molar refractivity (Wildman–Crippen MR) is 83.5 cm³/mol. The molecule has 0 unspecified atom stereocenters. The van der Waals surface area contributed by atoms with E-state index in [0.29, 0.717) is 13.1 Å². The van der Waals surface area contributed by atoms with E-state index in [9.17, 15) is 9.90 Å². The number of aromatic nitrogens is 2. The van der Waals surface area contributed by atoms with Crippen LogP contribution in [0.2, 0.25) is 0 Å². The largest absolute Gasteiger partial charge is 0.395 e. The third-order valence-electron chi connectivity index (χ3n) is 5.00. The topological polar surface area (TPSA) is 61.6 Å². The van der Waals surface area contributed by atoms with Gasteiger partial charge >= 0.3 is 0 Å². The van der Waals surface area contributed by atoms with Gasteiger partial charge in [0, 0.05) is 50.5 Å². The molecule has 6 nitrogen and oxygen atoms in total. The summed E-state index contributed by atoms with van der Waals surface area (Å²) in [6.07, 6.45) is 6.63. The molecule has 22 heavy (non-hydrogen) atoms. The first-order valence-corrected chi connectivity index (χ1v) is 8.19. The van der Waals surface area contributed by atoms with Gasteiger partial charge in [0.1, 0.15) is 11.9 Å². The molecule has 122 valence electrons. The Morgan fingerprint density at radius 1 is 1.45 bits per heavy atom. The van der Waals surface area contributed by atoms with E-state index in [1.807, 2.05) is 11.1 Å². The van der Waals surface area contributed by atoms with E-state index in [0.717, 1.165) is 38.2 Å². The number of hydrogen-bond donors (Lipinski definition) is 1. The number of piperazine rings is 1. The standard InChI is InChI=1S/C16H26N4O2/c1-16(2)12-18(8-9-19(16)10-11-21)15(22)13-4-3-5-14-17-6-7-20(13)14/h6-7,13,21H,3-5,8-12H2,1-2H3/t13-/m0/s1. The van der Waals surface area contributed by atoms with Crippen LogP contribution in [-0.4, -0.2) is 68.7 Å². The summed E-state index contributed by atoms with van der Waals surface area (Å²) >= 11 is 0. The molecule has 0 aliphatic carbocycles. The lowest BCUT2D eigenvalue weighted by molar-refractivity contribution is -0.140. The number of fused-ring (bicyclic) bond motifs is 1. The highest BCUT2D eigenvalue weighted by molar-refractivity contribution is 5.81. The molecule has 0 saturated carbocycles. The number of rotatable bonds is 3. The van der Waals surface area contributed by atoms with Gasteiger partial charge in [-0.05, 0) is 26.7 Å². The highest BCUT2D eigenvalue weighted by Gasteiger charge is 2.38. The first kappa shape index (κ1) is 15.5. The molecule has 2 aliphatic heterocycles. The highest BCUT2D eigenvalue weighted by atomic mass is 16.3. The molecule has 0 aromatic carbocycles. The first-order valence-electron chi connectivity index (χ1n) is 8.19. The van der Waals surface area contributed by atoms with Crippen LogP contribution in [0.3, 0.4) is 0 Å². The zero-order chi connectivity index (χ0) is 15.7. The maximum absolute atomic E-state index is 13.0. The molecule has 6 heteroatoms. The number of aryl methyl sites for hydroxylation is 1. The number of aliphatic hydroxyl groups is 1. The van der Waals surface area contributed by atoms with Gasteiger partial charge < -0.3 is 14.6 Å². The third-order valence-corrected chi connectivity index (χ3v) is 5.00. The fourth-order valence-corrected chi connectivity index (χ4v) is 3.78. The molecule has 1 amide bonds. The van der Waals surface area contributed by atoms with E-state index in [1.54, 1.807) is 6.20 Å². The lowest BCUT2D eigenvalue weighted by atomic mass is 9.96. The van der Waals surface area contributed by atoms with Crippen molar-refractivity contribution in [3.8, 4) is 0 Å². The summed E-state index contributed by atoms with van der Waals surface area (Å²) in [5.74, 6) is 1.25. The maximum atomic E-state index is 13.0. The Hall–Kier alpha value is -1.40. The van der Waals surface area contributed by atoms with Crippen LogP contribution in [0.25, 0.3) is 0 Å². The van der Waals surface area contributed by atoms with Gasteiger partial charge in [0.2, 0.25) is 5.91 Å². The lowest BCUT2D eigenvalue weighted by Gasteiger charge is -2.47. The Morgan fingerprint density at radius 2 is 2.27 bits per heavy atom. The zero-order valence-corrected chi connectivity index (χ0v) is 13.5. The third kappa shape index (κ3) is 2.77. The first-order chi connectivity index (χ1) is 10.5. The second-order valence-corrected chi connectivity index (χ2v) is 6.94. The smallest absolute Gasteiger partial charge is 0.245 e. The molecule has 1 aromatic rings. The number of carbonyl (C=O) groups is 1. The summed E-state index contributed by atoms with van der Waals surface area (Å²) in [5.41, 5.74) is -0.0942. The molecule has 3 heterocycles. The number of imidazole rings is 1. The average molecular weight is 306 g/mol. The highest BCUT2D eigenvalue weighted by Crippen LogP contribution is 2.28. The minimum absolute atomic E-state index is 0.0913. The molecular formula is C16H26N4O2. The zero-order valence-electron chi connectivity index (χ0n) is 13.5. The molecule has 0 spiro atoms. The SMILES string of the molecule is CC1(C)CN(C(=O)[C@@H]2CCCc3nccn32)CCN1CCO. The van der Waals surface area contributed by atoms with E-state index in [1.165, 1.54) is 0 Å². The van der Waals surface area contributed by atoms with Crippen LogP contribution >= 0.6 is 0 Å². The molecule has 3 rings (SSSR count). The number of carbonyl (C=O) groups excluding carboxylic acids is 1. The summed E-state index contributed by atoms with van der Waals surface area (Å²) in [6.45, 7) is 7.40. The Bertz CT molecular complexity index is 540. The van der Waals surface area contributed by atoms with Crippen LogP contribution in [0.5, 0.6) is 0 Å². The van der Waals surface area contributed by atoms with E-state index < -0.39 is 0 Å². The molecule has 1 N–H and O–H groups in total. The molecule has 0 bridgehead atoms. The summed E-state index contributed by atoms with van der Waals surface area (Å²) in [5, 5.41) is 9.18. The van der Waals surface area contributed by atoms with Crippen molar-refractivity contribution in [1.82, 2.24) is 19.4 Å². The molecule has 2 aliphatic rings. The molecular weight excluding hydrogens is 280 g/mol. The van der Waals surface area contributed by atoms with E-state index in [-0.39, 0.29) is 24.1 Å². The van der Waals surface area contributed by atoms with E-state index in [2.05, 4.69) is 28.3 Å². The van der Waals surface area contributed by atoms with Gasteiger partial charge in [0.25, 0.3) is 0 Å². The van der Waals surface area contributed by atoms with Crippen molar-refractivity contribution in [3.63, 3.8) is 0 Å². The quantitative estimate of drug-likeness (QED) is 0.892. The van der Waals surface area contributed by atoms with E-state index >= 15 is 0 Å². The minimum Gasteiger partial charge on any atom is -0.395 e. The molecule has 1 aromatic heterocycles. The summed E-state index contributed by atoms with van der Waals surface area (Å²) in [4.78, 5) is 21.6. The van der Waals surface area contributed by atoms with Gasteiger partial charge in [-0.3, -0.25) is 9.69 Å². The van der Waals surface area contributed by atoms with Crippen LogP contribution in [0.4, 0.5) is 0 Å². The van der Waals surface area contributed by atoms with Crippen molar-refractivity contribution in [2.45, 2.75) is 44.7 Å². The second-order valence-electron chi connectivity index (χ2n) is 6.94.